The highest BCUT2D eigenvalue weighted by Gasteiger charge is 2.11. The molecule has 0 aliphatic heterocycles. The largest absolute Gasteiger partial charge is 0.466 e. The van der Waals surface area contributed by atoms with Crippen LogP contribution in [-0.4, -0.2) is 19.1 Å². The second-order valence-electron chi connectivity index (χ2n) is 4.78. The van der Waals surface area contributed by atoms with Gasteiger partial charge in [0, 0.05) is 6.42 Å². The van der Waals surface area contributed by atoms with E-state index in [4.69, 9.17) is 10.5 Å². The Morgan fingerprint density at radius 2 is 1.93 bits per heavy atom. The topological polar surface area (TPSA) is 52.3 Å². The van der Waals surface area contributed by atoms with Crippen LogP contribution in [0.1, 0.15) is 46.5 Å². The molecular formula is C11H23NO2. The molecule has 0 spiro atoms. The number of rotatable bonds is 6. The van der Waals surface area contributed by atoms with Gasteiger partial charge >= 0.3 is 5.97 Å². The summed E-state index contributed by atoms with van der Waals surface area (Å²) in [6.07, 6.45) is 3.15. The summed E-state index contributed by atoms with van der Waals surface area (Å²) in [5.74, 6) is -0.0947. The molecule has 0 atom stereocenters. The summed E-state index contributed by atoms with van der Waals surface area (Å²) >= 11 is 0. The number of carbonyl (C=O) groups excluding carboxylic acids is 1. The van der Waals surface area contributed by atoms with Gasteiger partial charge in [-0.2, -0.15) is 0 Å². The van der Waals surface area contributed by atoms with Crippen molar-refractivity contribution < 1.29 is 9.53 Å². The van der Waals surface area contributed by atoms with Gasteiger partial charge in [0.1, 0.15) is 0 Å². The third-order valence-corrected chi connectivity index (χ3v) is 1.95. The van der Waals surface area contributed by atoms with Crippen LogP contribution in [0.15, 0.2) is 0 Å². The third kappa shape index (κ3) is 9.52. The smallest absolute Gasteiger partial charge is 0.305 e. The Bertz CT molecular complexity index is 161. The summed E-state index contributed by atoms with van der Waals surface area (Å²) < 4.78 is 5.08. The summed E-state index contributed by atoms with van der Waals surface area (Å²) in [6.45, 7) is 7.58. The lowest BCUT2D eigenvalue weighted by Crippen LogP contribution is -2.13. The van der Waals surface area contributed by atoms with Gasteiger partial charge in [0.25, 0.3) is 0 Å². The molecule has 3 nitrogen and oxygen atoms in total. The zero-order valence-electron chi connectivity index (χ0n) is 9.64. The summed E-state index contributed by atoms with van der Waals surface area (Å²) in [4.78, 5) is 11.1. The highest BCUT2D eigenvalue weighted by atomic mass is 16.5. The van der Waals surface area contributed by atoms with Gasteiger partial charge in [-0.3, -0.25) is 4.79 Å². The normalized spacial score (nSPS) is 11.4. The van der Waals surface area contributed by atoms with E-state index in [0.717, 1.165) is 19.3 Å². The second kappa shape index (κ2) is 6.82. The Kier molecular flexibility index (Phi) is 6.54. The first kappa shape index (κ1) is 13.4. The maximum atomic E-state index is 11.1. The van der Waals surface area contributed by atoms with Crippen molar-refractivity contribution in [2.45, 2.75) is 46.5 Å². The molecule has 0 bridgehead atoms. The third-order valence-electron chi connectivity index (χ3n) is 1.95. The molecule has 0 aromatic rings. The maximum Gasteiger partial charge on any atom is 0.305 e. The fourth-order valence-corrected chi connectivity index (χ4v) is 0.957. The van der Waals surface area contributed by atoms with Crippen LogP contribution in [0, 0.1) is 5.41 Å². The van der Waals surface area contributed by atoms with E-state index in [1.165, 1.54) is 0 Å². The Morgan fingerprint density at radius 1 is 1.29 bits per heavy atom. The van der Waals surface area contributed by atoms with E-state index in [0.29, 0.717) is 19.6 Å². The van der Waals surface area contributed by atoms with Gasteiger partial charge in [0.05, 0.1) is 6.61 Å². The van der Waals surface area contributed by atoms with E-state index in [1.807, 2.05) is 0 Å². The first-order valence-electron chi connectivity index (χ1n) is 5.31. The molecule has 0 aromatic carbocycles. The van der Waals surface area contributed by atoms with Crippen molar-refractivity contribution in [3.05, 3.63) is 0 Å². The maximum absolute atomic E-state index is 11.1. The monoisotopic (exact) mass is 201 g/mol. The van der Waals surface area contributed by atoms with Crippen molar-refractivity contribution in [3.8, 4) is 0 Å². The molecule has 0 rings (SSSR count). The number of hydrogen-bond donors (Lipinski definition) is 1. The van der Waals surface area contributed by atoms with Gasteiger partial charge in [-0.15, -0.1) is 0 Å². The van der Waals surface area contributed by atoms with E-state index >= 15 is 0 Å². The Labute approximate surface area is 87.0 Å². The van der Waals surface area contributed by atoms with Gasteiger partial charge in [-0.1, -0.05) is 20.8 Å². The van der Waals surface area contributed by atoms with Crippen molar-refractivity contribution in [3.63, 3.8) is 0 Å². The fourth-order valence-electron chi connectivity index (χ4n) is 0.957. The molecule has 0 fully saturated rings. The summed E-state index contributed by atoms with van der Waals surface area (Å²) in [7, 11) is 0. The zero-order valence-corrected chi connectivity index (χ0v) is 9.64. The van der Waals surface area contributed by atoms with Crippen molar-refractivity contribution in [1.29, 1.82) is 0 Å². The van der Waals surface area contributed by atoms with Crippen LogP contribution in [0.25, 0.3) is 0 Å². The molecule has 0 aliphatic carbocycles. The number of nitrogens with two attached hydrogens (primary N) is 1. The predicted molar refractivity (Wildman–Crippen MR) is 57.9 cm³/mol. The Morgan fingerprint density at radius 3 is 2.43 bits per heavy atom. The van der Waals surface area contributed by atoms with Gasteiger partial charge < -0.3 is 10.5 Å². The minimum Gasteiger partial charge on any atom is -0.466 e. The summed E-state index contributed by atoms with van der Waals surface area (Å²) in [5, 5.41) is 0. The quantitative estimate of drug-likeness (QED) is 0.529. The Hall–Kier alpha value is -0.570. The SMILES string of the molecule is CC(C)(C)CCOC(=O)CCCCN. The van der Waals surface area contributed by atoms with Crippen LogP contribution < -0.4 is 5.73 Å². The van der Waals surface area contributed by atoms with Crippen LogP contribution in [0.3, 0.4) is 0 Å². The van der Waals surface area contributed by atoms with Crippen molar-refractivity contribution in [1.82, 2.24) is 0 Å². The summed E-state index contributed by atoms with van der Waals surface area (Å²) in [5.41, 5.74) is 5.55. The highest BCUT2D eigenvalue weighted by molar-refractivity contribution is 5.69. The van der Waals surface area contributed by atoms with Crippen LogP contribution in [-0.2, 0) is 9.53 Å². The van der Waals surface area contributed by atoms with Gasteiger partial charge in [0.2, 0.25) is 0 Å². The molecule has 14 heavy (non-hydrogen) atoms. The molecule has 3 heteroatoms. The lowest BCUT2D eigenvalue weighted by molar-refractivity contribution is -0.144. The molecule has 0 heterocycles. The minimum atomic E-state index is -0.0947. The average molecular weight is 201 g/mol. The molecule has 0 radical (unpaired) electrons. The van der Waals surface area contributed by atoms with Gasteiger partial charge in [0.15, 0.2) is 0 Å². The zero-order chi connectivity index (χ0) is 11.0. The summed E-state index contributed by atoms with van der Waals surface area (Å²) in [6, 6.07) is 0. The molecule has 0 aromatic heterocycles. The minimum absolute atomic E-state index is 0.0947. The number of hydrogen-bond acceptors (Lipinski definition) is 3. The second-order valence-corrected chi connectivity index (χ2v) is 4.78. The van der Waals surface area contributed by atoms with Crippen LogP contribution >= 0.6 is 0 Å². The van der Waals surface area contributed by atoms with Gasteiger partial charge in [-0.25, -0.2) is 0 Å². The number of esters is 1. The number of ether oxygens (including phenoxy) is 1. The van der Waals surface area contributed by atoms with E-state index in [1.54, 1.807) is 0 Å². The first-order chi connectivity index (χ1) is 6.45. The first-order valence-corrected chi connectivity index (χ1v) is 5.31. The standard InChI is InChI=1S/C11H23NO2/c1-11(2,3)7-9-14-10(13)6-4-5-8-12/h4-9,12H2,1-3H3. The van der Waals surface area contributed by atoms with Gasteiger partial charge in [-0.05, 0) is 31.2 Å². The molecule has 0 saturated heterocycles. The predicted octanol–water partition coefficient (Wildman–Crippen LogP) is 2.09. The van der Waals surface area contributed by atoms with E-state index in [2.05, 4.69) is 20.8 Å². The van der Waals surface area contributed by atoms with Crippen LogP contribution in [0.5, 0.6) is 0 Å². The van der Waals surface area contributed by atoms with E-state index < -0.39 is 0 Å². The molecule has 0 unspecified atom stereocenters. The van der Waals surface area contributed by atoms with Crippen molar-refractivity contribution in [2.75, 3.05) is 13.2 Å². The van der Waals surface area contributed by atoms with Crippen molar-refractivity contribution >= 4 is 5.97 Å². The molecule has 2 N–H and O–H groups in total. The van der Waals surface area contributed by atoms with Crippen LogP contribution in [0.4, 0.5) is 0 Å². The Balaban J connectivity index is 3.36. The molecule has 84 valence electrons. The average Bonchev–Trinajstić information content (AvgIpc) is 2.02. The lowest BCUT2D eigenvalue weighted by Gasteiger charge is -2.17. The molecular weight excluding hydrogens is 178 g/mol. The fraction of sp³-hybridized carbons (Fsp3) is 0.909. The van der Waals surface area contributed by atoms with E-state index in [-0.39, 0.29) is 11.4 Å². The van der Waals surface area contributed by atoms with Crippen LogP contribution in [0.2, 0.25) is 0 Å². The van der Waals surface area contributed by atoms with Crippen molar-refractivity contribution in [2.24, 2.45) is 11.1 Å². The molecule has 0 saturated carbocycles. The lowest BCUT2D eigenvalue weighted by atomic mass is 9.93. The number of carbonyl (C=O) groups is 1. The van der Waals surface area contributed by atoms with E-state index in [9.17, 15) is 4.79 Å². The number of unbranched alkanes of at least 4 members (excludes halogenated alkanes) is 1. The molecule has 0 amide bonds. The molecule has 0 aliphatic rings. The highest BCUT2D eigenvalue weighted by Crippen LogP contribution is 2.18.